The second kappa shape index (κ2) is 13.3. The largest absolute Gasteiger partial charge is 0.147 e. The van der Waals surface area contributed by atoms with Gasteiger partial charge in [-0.2, -0.15) is 0 Å². The second-order valence-electron chi connectivity index (χ2n) is 15.3. The van der Waals surface area contributed by atoms with Gasteiger partial charge in [0.05, 0.1) is 0 Å². The Morgan fingerprint density at radius 1 is 0.532 bits per heavy atom. The normalized spacial score (nSPS) is 25.3. The maximum Gasteiger partial charge on any atom is -0.147 e. The van der Waals surface area contributed by atoms with E-state index in [9.17, 15) is 0 Å². The fourth-order valence-corrected chi connectivity index (χ4v) is 45.7. The Balaban J connectivity index is 0.00000193. The Labute approximate surface area is 300 Å². The Kier molecular flexibility index (Phi) is 9.78. The Hall–Kier alpha value is -2.19. The molecular weight excluding hydrogens is 778 g/mol. The van der Waals surface area contributed by atoms with Crippen LogP contribution in [-0.4, -0.2) is 0 Å². The van der Waals surface area contributed by atoms with E-state index in [0.29, 0.717) is 19.2 Å². The summed E-state index contributed by atoms with van der Waals surface area (Å²) in [6, 6.07) is 33.4. The van der Waals surface area contributed by atoms with Gasteiger partial charge in [-0.3, -0.25) is 0 Å². The SMILES string of the molecule is CC1=Cc2c(-c3ccc(C(C)C)cc3)cccc2[CH]1[Hf]1([CH]2C(C)=Cc3c(-c4ccc(C(C)C)cc4)cccc32)[CH]2CCCC[CH]21.Cl.Cl. The van der Waals surface area contributed by atoms with E-state index < -0.39 is 20.0 Å². The summed E-state index contributed by atoms with van der Waals surface area (Å²) in [4.78, 5) is 0. The van der Waals surface area contributed by atoms with E-state index in [4.69, 9.17) is 0 Å². The molecule has 4 unspecified atom stereocenters. The van der Waals surface area contributed by atoms with Crippen molar-refractivity contribution in [3.63, 3.8) is 0 Å². The summed E-state index contributed by atoms with van der Waals surface area (Å²) in [5.74, 6) is 1.12. The van der Waals surface area contributed by atoms with E-state index in [-0.39, 0.29) is 24.8 Å². The number of fused-ring (bicyclic) bond motifs is 3. The van der Waals surface area contributed by atoms with Gasteiger partial charge in [-0.05, 0) is 0 Å². The van der Waals surface area contributed by atoms with Crippen LogP contribution >= 0.6 is 24.8 Å². The summed E-state index contributed by atoms with van der Waals surface area (Å²) in [7, 11) is 0. The van der Waals surface area contributed by atoms with E-state index in [0.717, 1.165) is 7.35 Å². The van der Waals surface area contributed by atoms with Gasteiger partial charge in [0.15, 0.2) is 0 Å². The first-order valence-corrected chi connectivity index (χ1v) is 25.9. The molecule has 244 valence electrons. The molecular formula is C44H50Cl2Hf. The fourth-order valence-electron chi connectivity index (χ4n) is 10.3. The average molecular weight is 828 g/mol. The average Bonchev–Trinajstić information content (AvgIpc) is 3.35. The Bertz CT molecular complexity index is 1710. The van der Waals surface area contributed by atoms with Crippen LogP contribution in [-0.2, 0) is 20.0 Å². The van der Waals surface area contributed by atoms with E-state index >= 15 is 0 Å². The van der Waals surface area contributed by atoms with Crippen molar-refractivity contribution in [2.24, 2.45) is 0 Å². The van der Waals surface area contributed by atoms with Crippen LogP contribution in [0.5, 0.6) is 0 Å². The quantitative estimate of drug-likeness (QED) is 0.170. The van der Waals surface area contributed by atoms with Crippen LogP contribution in [0, 0.1) is 0 Å². The molecule has 0 N–H and O–H groups in total. The summed E-state index contributed by atoms with van der Waals surface area (Å²) >= 11 is -3.11. The molecule has 47 heavy (non-hydrogen) atoms. The second-order valence-corrected chi connectivity index (χ2v) is 32.0. The molecule has 0 spiro atoms. The Morgan fingerprint density at radius 3 is 1.28 bits per heavy atom. The molecule has 0 amide bonds. The molecule has 0 radical (unpaired) electrons. The summed E-state index contributed by atoms with van der Waals surface area (Å²) in [6.45, 7) is 14.2. The van der Waals surface area contributed by atoms with Gasteiger partial charge in [0, 0.05) is 0 Å². The maximum atomic E-state index is 2.62. The van der Waals surface area contributed by atoms with E-state index in [1.54, 1.807) is 22.3 Å². The fraction of sp³-hybridized carbons (Fsp3) is 0.364. The molecule has 1 heterocycles. The smallest absolute Gasteiger partial charge is 0.147 e. The molecule has 1 aliphatic heterocycles. The monoisotopic (exact) mass is 828 g/mol. The third-order valence-corrected chi connectivity index (χ3v) is 37.8. The third-order valence-electron chi connectivity index (χ3n) is 12.3. The molecule has 2 fully saturated rings. The van der Waals surface area contributed by atoms with Crippen molar-refractivity contribution in [2.75, 3.05) is 0 Å². The number of halogens is 2. The number of hydrogen-bond acceptors (Lipinski definition) is 0. The molecule has 8 rings (SSSR count). The van der Waals surface area contributed by atoms with Crippen molar-refractivity contribution in [1.82, 2.24) is 0 Å². The third kappa shape index (κ3) is 5.43. The molecule has 4 aromatic rings. The minimum Gasteiger partial charge on any atom is -0.147 e. The predicted octanol–water partition coefficient (Wildman–Crippen LogP) is 14.0. The van der Waals surface area contributed by atoms with Crippen LogP contribution in [0.2, 0.25) is 7.35 Å². The molecule has 4 aliphatic rings. The van der Waals surface area contributed by atoms with Crippen molar-refractivity contribution in [3.8, 4) is 22.3 Å². The molecule has 4 atom stereocenters. The molecule has 1 saturated heterocycles. The molecule has 3 aliphatic carbocycles. The molecule has 0 aromatic heterocycles. The van der Waals surface area contributed by atoms with Gasteiger partial charge in [-0.15, -0.1) is 24.8 Å². The van der Waals surface area contributed by atoms with Crippen molar-refractivity contribution in [2.45, 2.75) is 93.8 Å². The van der Waals surface area contributed by atoms with Crippen molar-refractivity contribution in [1.29, 1.82) is 0 Å². The molecule has 4 aromatic carbocycles. The van der Waals surface area contributed by atoms with E-state index in [2.05, 4.69) is 139 Å². The zero-order valence-electron chi connectivity index (χ0n) is 28.8. The molecule has 0 nitrogen and oxygen atoms in total. The van der Waals surface area contributed by atoms with Gasteiger partial charge in [-0.25, -0.2) is 0 Å². The standard InChI is InChI=1S/2C19H19.C6H10.2ClH.Hf/c2*1-13(2)15-7-9-16(10-8-15)18-6-4-5-17-11-14(3)12-19(17)18;1-2-4-6-5-3-1;;;/h2*4-13H,1-3H3;1-2H,3-6H2;2*1H;. The van der Waals surface area contributed by atoms with Crippen LogP contribution in [0.15, 0.2) is 96.1 Å². The van der Waals surface area contributed by atoms with Gasteiger partial charge >= 0.3 is 278 Å². The van der Waals surface area contributed by atoms with Crippen LogP contribution in [0.1, 0.15) is 120 Å². The van der Waals surface area contributed by atoms with Crippen LogP contribution in [0.25, 0.3) is 34.4 Å². The minimum absolute atomic E-state index is 0. The van der Waals surface area contributed by atoms with Gasteiger partial charge in [0.1, 0.15) is 0 Å². The van der Waals surface area contributed by atoms with Crippen LogP contribution < -0.4 is 0 Å². The van der Waals surface area contributed by atoms with Crippen molar-refractivity contribution < 1.29 is 20.0 Å². The summed E-state index contributed by atoms with van der Waals surface area (Å²) in [5.41, 5.74) is 18.2. The number of hydrogen-bond donors (Lipinski definition) is 0. The Morgan fingerprint density at radius 2 is 0.915 bits per heavy atom. The van der Waals surface area contributed by atoms with Crippen LogP contribution in [0.3, 0.4) is 0 Å². The van der Waals surface area contributed by atoms with E-state index in [1.165, 1.54) is 70.2 Å². The zero-order chi connectivity index (χ0) is 31.0. The summed E-state index contributed by atoms with van der Waals surface area (Å²) in [5, 5.41) is 0. The topological polar surface area (TPSA) is 0 Å². The van der Waals surface area contributed by atoms with Gasteiger partial charge in [0.25, 0.3) is 0 Å². The molecule has 0 bridgehead atoms. The van der Waals surface area contributed by atoms with Crippen molar-refractivity contribution >= 4 is 37.0 Å². The summed E-state index contributed by atoms with van der Waals surface area (Å²) in [6.07, 6.45) is 11.1. The maximum absolute atomic E-state index is 3.11. The first kappa shape index (κ1) is 34.7. The summed E-state index contributed by atoms with van der Waals surface area (Å²) < 4.78 is 3.44. The zero-order valence-corrected chi connectivity index (χ0v) is 34.1. The van der Waals surface area contributed by atoms with Gasteiger partial charge < -0.3 is 0 Å². The molecule has 3 heteroatoms. The first-order chi connectivity index (χ1) is 21.8. The van der Waals surface area contributed by atoms with Gasteiger partial charge in [-0.1, -0.05) is 0 Å². The predicted molar refractivity (Wildman–Crippen MR) is 205 cm³/mol. The van der Waals surface area contributed by atoms with E-state index in [1.807, 2.05) is 0 Å². The first-order valence-electron chi connectivity index (χ1n) is 17.6. The minimum atomic E-state index is -3.11. The van der Waals surface area contributed by atoms with Crippen molar-refractivity contribution in [3.05, 3.63) is 129 Å². The van der Waals surface area contributed by atoms with Crippen LogP contribution in [0.4, 0.5) is 0 Å². The van der Waals surface area contributed by atoms with Gasteiger partial charge in [0.2, 0.25) is 0 Å². The molecule has 1 saturated carbocycles. The number of rotatable bonds is 6. The number of allylic oxidation sites excluding steroid dienone is 2. The number of benzene rings is 4.